The topological polar surface area (TPSA) is 142 Å². The minimum atomic E-state index is -3.93. The highest BCUT2D eigenvalue weighted by Crippen LogP contribution is 2.53. The molecular weight excluding hydrogens is 549 g/mol. The van der Waals surface area contributed by atoms with Crippen molar-refractivity contribution in [3.05, 3.63) is 77.1 Å². The maximum Gasteiger partial charge on any atom is 0.267 e. The monoisotopic (exact) mass is 567 g/mol. The first-order valence-corrected chi connectivity index (χ1v) is 14.7. The van der Waals surface area contributed by atoms with Crippen molar-refractivity contribution in [2.75, 3.05) is 4.72 Å². The van der Waals surface area contributed by atoms with Crippen LogP contribution >= 0.6 is 22.3 Å². The molecule has 0 amide bonds. The number of halogens is 2. The number of nitrogens with one attached hydrogen (secondary N) is 1. The fourth-order valence-electron chi connectivity index (χ4n) is 3.92. The highest BCUT2D eigenvalue weighted by Gasteiger charge is 2.47. The molecule has 0 spiro atoms. The summed E-state index contributed by atoms with van der Waals surface area (Å²) in [5.74, 6) is -0.118. The molecule has 4 aromatic rings. The summed E-state index contributed by atoms with van der Waals surface area (Å²) >= 11 is 6.24. The van der Waals surface area contributed by atoms with E-state index in [-0.39, 0.29) is 20.9 Å². The highest BCUT2D eigenvalue weighted by atomic mass is 35.7. The summed E-state index contributed by atoms with van der Waals surface area (Å²) in [4.78, 5) is 8.45. The standard InChI is InChI=1S/C21H19Cl2N7O4S2/c1-29-12-17(10-24-29)36(33,34)28-20-26-18(8-19(22)27-20)21(6-7-21)15-4-2-14(3-5-15)11-30-13-16(9-25-30)35(23,31)32/h2-5,8-10,12-13H,6-7,11H2,1H3,(H,26,27,28). The van der Waals surface area contributed by atoms with Gasteiger partial charge in [-0.15, -0.1) is 0 Å². The van der Waals surface area contributed by atoms with E-state index in [4.69, 9.17) is 22.3 Å². The Morgan fingerprint density at radius 2 is 1.69 bits per heavy atom. The number of hydrogen-bond acceptors (Lipinski definition) is 8. The second-order valence-electron chi connectivity index (χ2n) is 8.45. The quantitative estimate of drug-likeness (QED) is 0.253. The van der Waals surface area contributed by atoms with Crippen molar-refractivity contribution in [1.29, 1.82) is 0 Å². The van der Waals surface area contributed by atoms with Gasteiger partial charge in [-0.2, -0.15) is 10.2 Å². The van der Waals surface area contributed by atoms with Gasteiger partial charge in [-0.3, -0.25) is 9.36 Å². The number of aryl methyl sites for hydroxylation is 1. The molecule has 3 heterocycles. The molecule has 36 heavy (non-hydrogen) atoms. The lowest BCUT2D eigenvalue weighted by atomic mass is 9.91. The van der Waals surface area contributed by atoms with Crippen LogP contribution in [0.4, 0.5) is 5.95 Å². The predicted octanol–water partition coefficient (Wildman–Crippen LogP) is 2.92. The Balaban J connectivity index is 1.37. The zero-order chi connectivity index (χ0) is 25.7. The van der Waals surface area contributed by atoms with Crippen LogP contribution in [0.1, 0.15) is 29.7 Å². The lowest BCUT2D eigenvalue weighted by Gasteiger charge is -2.17. The van der Waals surface area contributed by atoms with E-state index >= 15 is 0 Å². The Labute approximate surface area is 216 Å². The van der Waals surface area contributed by atoms with Gasteiger partial charge in [0.2, 0.25) is 5.95 Å². The van der Waals surface area contributed by atoms with Crippen molar-refractivity contribution in [3.8, 4) is 0 Å². The van der Waals surface area contributed by atoms with Crippen LogP contribution in [0, 0.1) is 0 Å². The summed E-state index contributed by atoms with van der Waals surface area (Å²) in [6, 6.07) is 9.39. The predicted molar refractivity (Wildman–Crippen MR) is 132 cm³/mol. The number of rotatable bonds is 8. The van der Waals surface area contributed by atoms with Gasteiger partial charge in [0.15, 0.2) is 0 Å². The van der Waals surface area contributed by atoms with E-state index in [1.54, 1.807) is 13.1 Å². The van der Waals surface area contributed by atoms with Crippen LogP contribution in [0.25, 0.3) is 0 Å². The molecule has 1 aromatic carbocycles. The first kappa shape index (κ1) is 24.7. The van der Waals surface area contributed by atoms with Crippen molar-refractivity contribution in [2.24, 2.45) is 7.05 Å². The van der Waals surface area contributed by atoms with E-state index in [1.807, 2.05) is 24.3 Å². The molecular formula is C21H19Cl2N7O4S2. The first-order chi connectivity index (χ1) is 16.9. The molecule has 1 saturated carbocycles. The second kappa shape index (κ2) is 8.83. The summed E-state index contributed by atoms with van der Waals surface area (Å²) in [6.07, 6.45) is 6.80. The number of aromatic nitrogens is 6. The largest absolute Gasteiger partial charge is 0.274 e. The van der Waals surface area contributed by atoms with E-state index in [0.717, 1.165) is 24.0 Å². The van der Waals surface area contributed by atoms with Crippen molar-refractivity contribution in [3.63, 3.8) is 0 Å². The van der Waals surface area contributed by atoms with Gasteiger partial charge in [-0.1, -0.05) is 35.9 Å². The van der Waals surface area contributed by atoms with Gasteiger partial charge < -0.3 is 0 Å². The van der Waals surface area contributed by atoms with E-state index in [0.29, 0.717) is 12.2 Å². The fourth-order valence-corrected chi connectivity index (χ4v) is 5.69. The van der Waals surface area contributed by atoms with Crippen molar-refractivity contribution < 1.29 is 16.8 Å². The molecule has 1 fully saturated rings. The fraction of sp³-hybridized carbons (Fsp3) is 0.238. The minimum absolute atomic E-state index is 0.0141. The van der Waals surface area contributed by atoms with Gasteiger partial charge in [0, 0.05) is 35.5 Å². The van der Waals surface area contributed by atoms with E-state index in [2.05, 4.69) is 24.9 Å². The molecule has 1 aliphatic rings. The molecule has 5 rings (SSSR count). The van der Waals surface area contributed by atoms with Crippen LogP contribution in [0.5, 0.6) is 0 Å². The van der Waals surface area contributed by atoms with Crippen LogP contribution in [0.15, 0.2) is 64.9 Å². The van der Waals surface area contributed by atoms with Gasteiger partial charge in [-0.05, 0) is 30.0 Å². The van der Waals surface area contributed by atoms with Gasteiger partial charge in [0.25, 0.3) is 19.1 Å². The number of nitrogens with zero attached hydrogens (tertiary/aromatic N) is 6. The third kappa shape index (κ3) is 4.96. The molecule has 1 N–H and O–H groups in total. The molecule has 0 atom stereocenters. The lowest BCUT2D eigenvalue weighted by molar-refractivity contribution is 0.600. The second-order valence-corrected chi connectivity index (χ2v) is 13.1. The van der Waals surface area contributed by atoms with Crippen molar-refractivity contribution in [1.82, 2.24) is 29.5 Å². The average Bonchev–Trinajstić information content (AvgIpc) is 3.24. The summed E-state index contributed by atoms with van der Waals surface area (Å²) in [5, 5.41) is 8.05. The smallest absolute Gasteiger partial charge is 0.267 e. The summed E-state index contributed by atoms with van der Waals surface area (Å²) in [6.45, 7) is 0.360. The lowest BCUT2D eigenvalue weighted by Crippen LogP contribution is -2.18. The Bertz CT molecular complexity index is 1660. The molecule has 0 unspecified atom stereocenters. The summed E-state index contributed by atoms with van der Waals surface area (Å²) in [7, 11) is -0.792. The highest BCUT2D eigenvalue weighted by molar-refractivity contribution is 8.13. The molecule has 188 valence electrons. The maximum atomic E-state index is 12.7. The zero-order valence-electron chi connectivity index (χ0n) is 18.7. The molecule has 11 nitrogen and oxygen atoms in total. The van der Waals surface area contributed by atoms with Crippen LogP contribution in [-0.2, 0) is 38.1 Å². The van der Waals surface area contributed by atoms with Crippen LogP contribution in [0.2, 0.25) is 5.15 Å². The molecule has 15 heteroatoms. The number of anilines is 1. The molecule has 0 radical (unpaired) electrons. The molecule has 1 aliphatic carbocycles. The van der Waals surface area contributed by atoms with E-state index < -0.39 is 24.5 Å². The minimum Gasteiger partial charge on any atom is -0.274 e. The average molecular weight is 568 g/mol. The van der Waals surface area contributed by atoms with Gasteiger partial charge in [0.05, 0.1) is 24.6 Å². The van der Waals surface area contributed by atoms with Gasteiger partial charge in [0.1, 0.15) is 14.9 Å². The number of hydrogen-bond donors (Lipinski definition) is 1. The van der Waals surface area contributed by atoms with Crippen LogP contribution in [-0.4, -0.2) is 46.4 Å². The molecule has 0 bridgehead atoms. The number of benzene rings is 1. The number of sulfonamides is 1. The summed E-state index contributed by atoms with van der Waals surface area (Å²) in [5.41, 5.74) is 2.10. The first-order valence-electron chi connectivity index (χ1n) is 10.6. The molecule has 0 aliphatic heterocycles. The molecule has 0 saturated heterocycles. The maximum absolute atomic E-state index is 12.7. The van der Waals surface area contributed by atoms with E-state index in [9.17, 15) is 16.8 Å². The van der Waals surface area contributed by atoms with E-state index in [1.165, 1.54) is 34.2 Å². The Morgan fingerprint density at radius 1 is 1.00 bits per heavy atom. The Hall–Kier alpha value is -3.00. The Morgan fingerprint density at radius 3 is 2.28 bits per heavy atom. The zero-order valence-corrected chi connectivity index (χ0v) is 21.9. The van der Waals surface area contributed by atoms with Gasteiger partial charge in [-0.25, -0.2) is 31.5 Å². The normalized spacial score (nSPS) is 15.1. The Kier molecular flexibility index (Phi) is 6.06. The van der Waals surface area contributed by atoms with Crippen LogP contribution < -0.4 is 4.72 Å². The SMILES string of the molecule is Cn1cc(S(=O)(=O)Nc2nc(Cl)cc(C3(c4ccc(Cn5cc(S(=O)(=O)Cl)cn5)cc4)CC3)n2)cn1. The third-order valence-electron chi connectivity index (χ3n) is 5.89. The third-order valence-corrected chi connectivity index (χ3v) is 8.68. The summed E-state index contributed by atoms with van der Waals surface area (Å²) < 4.78 is 53.5. The van der Waals surface area contributed by atoms with Crippen molar-refractivity contribution in [2.45, 2.75) is 34.6 Å². The van der Waals surface area contributed by atoms with Crippen molar-refractivity contribution >= 4 is 47.3 Å². The van der Waals surface area contributed by atoms with Gasteiger partial charge >= 0.3 is 0 Å². The van der Waals surface area contributed by atoms with Crippen LogP contribution in [0.3, 0.4) is 0 Å². The molecule has 3 aromatic heterocycles.